The standard InChI is InChI=1S/C19H15ClF3N5O3/c1-11-15(10-25-26-18(30)17(29)24-9-14-6-3-7-31-14)16(20)28(27-11)13-5-2-4-12(8-13)19(21,22)23/h2-8,10H,9H2,1H3,(H,24,29)(H,26,30)/b25-10+. The van der Waals surface area contributed by atoms with Gasteiger partial charge in [-0.1, -0.05) is 17.7 Å². The zero-order valence-corrected chi connectivity index (χ0v) is 16.7. The van der Waals surface area contributed by atoms with Crippen molar-refractivity contribution in [3.8, 4) is 5.69 Å². The fourth-order valence-electron chi connectivity index (χ4n) is 2.51. The molecule has 0 bridgehead atoms. The van der Waals surface area contributed by atoms with Crippen LogP contribution < -0.4 is 10.7 Å². The van der Waals surface area contributed by atoms with Gasteiger partial charge in [-0.05, 0) is 37.3 Å². The Balaban J connectivity index is 1.69. The summed E-state index contributed by atoms with van der Waals surface area (Å²) in [6, 6.07) is 7.76. The van der Waals surface area contributed by atoms with Gasteiger partial charge in [0.25, 0.3) is 0 Å². The Kier molecular flexibility index (Phi) is 6.44. The number of rotatable bonds is 5. The Morgan fingerprint density at radius 3 is 2.71 bits per heavy atom. The monoisotopic (exact) mass is 453 g/mol. The van der Waals surface area contributed by atoms with Gasteiger partial charge < -0.3 is 9.73 Å². The van der Waals surface area contributed by atoms with Crippen molar-refractivity contribution in [2.75, 3.05) is 0 Å². The number of amides is 2. The number of hydrazone groups is 1. The number of carbonyl (C=O) groups excluding carboxylic acids is 2. The van der Waals surface area contributed by atoms with E-state index in [1.807, 2.05) is 5.43 Å². The van der Waals surface area contributed by atoms with E-state index < -0.39 is 23.6 Å². The molecule has 0 saturated carbocycles. The van der Waals surface area contributed by atoms with Gasteiger partial charge in [-0.25, -0.2) is 10.1 Å². The van der Waals surface area contributed by atoms with E-state index in [1.165, 1.54) is 18.4 Å². The molecule has 12 heteroatoms. The molecule has 162 valence electrons. The van der Waals surface area contributed by atoms with Crippen LogP contribution in [0.3, 0.4) is 0 Å². The number of hydrogen-bond donors (Lipinski definition) is 2. The van der Waals surface area contributed by atoms with Crippen LogP contribution in [0, 0.1) is 6.92 Å². The molecule has 3 rings (SSSR count). The number of carbonyl (C=O) groups is 2. The van der Waals surface area contributed by atoms with Crippen molar-refractivity contribution in [1.29, 1.82) is 0 Å². The summed E-state index contributed by atoms with van der Waals surface area (Å²) in [7, 11) is 0. The number of benzene rings is 1. The van der Waals surface area contributed by atoms with Crippen molar-refractivity contribution < 1.29 is 27.2 Å². The molecule has 2 N–H and O–H groups in total. The van der Waals surface area contributed by atoms with Gasteiger partial charge in [-0.3, -0.25) is 9.59 Å². The smallest absolute Gasteiger partial charge is 0.416 e. The lowest BCUT2D eigenvalue weighted by Gasteiger charge is -2.09. The highest BCUT2D eigenvalue weighted by molar-refractivity contribution is 6.35. The number of aromatic nitrogens is 2. The maximum absolute atomic E-state index is 12.9. The van der Waals surface area contributed by atoms with Crippen LogP contribution in [0.1, 0.15) is 22.6 Å². The number of aryl methyl sites for hydroxylation is 1. The number of furan rings is 1. The van der Waals surface area contributed by atoms with Crippen molar-refractivity contribution in [2.45, 2.75) is 19.6 Å². The minimum atomic E-state index is -4.52. The molecular weight excluding hydrogens is 439 g/mol. The third-order valence-corrected chi connectivity index (χ3v) is 4.40. The molecular formula is C19H15ClF3N5O3. The van der Waals surface area contributed by atoms with Gasteiger partial charge in [0, 0.05) is 0 Å². The van der Waals surface area contributed by atoms with Crippen LogP contribution in [0.2, 0.25) is 5.15 Å². The van der Waals surface area contributed by atoms with E-state index in [4.69, 9.17) is 16.0 Å². The summed E-state index contributed by atoms with van der Waals surface area (Å²) in [5.74, 6) is -1.49. The molecule has 0 aliphatic heterocycles. The zero-order chi connectivity index (χ0) is 22.6. The van der Waals surface area contributed by atoms with Crippen LogP contribution in [0.25, 0.3) is 5.69 Å². The minimum absolute atomic E-state index is 0.0166. The summed E-state index contributed by atoms with van der Waals surface area (Å²) in [5, 5.41) is 10.1. The van der Waals surface area contributed by atoms with Crippen molar-refractivity contribution in [3.63, 3.8) is 0 Å². The van der Waals surface area contributed by atoms with E-state index in [1.54, 1.807) is 19.1 Å². The molecule has 0 fully saturated rings. The molecule has 2 amide bonds. The van der Waals surface area contributed by atoms with E-state index >= 15 is 0 Å². The third-order valence-electron chi connectivity index (χ3n) is 4.04. The Morgan fingerprint density at radius 1 is 1.26 bits per heavy atom. The second-order valence-electron chi connectivity index (χ2n) is 6.21. The van der Waals surface area contributed by atoms with Crippen LogP contribution >= 0.6 is 11.6 Å². The van der Waals surface area contributed by atoms with Crippen LogP contribution in [0.4, 0.5) is 13.2 Å². The Labute approximate surface area is 178 Å². The summed E-state index contributed by atoms with van der Waals surface area (Å²) in [5.41, 5.74) is 1.90. The molecule has 1 aromatic carbocycles. The van der Waals surface area contributed by atoms with Gasteiger partial charge in [-0.2, -0.15) is 23.4 Å². The Bertz CT molecular complexity index is 1120. The van der Waals surface area contributed by atoms with Crippen molar-refractivity contribution in [3.05, 3.63) is 70.4 Å². The van der Waals surface area contributed by atoms with Gasteiger partial charge in [0.15, 0.2) is 0 Å². The molecule has 2 aromatic heterocycles. The van der Waals surface area contributed by atoms with Crippen molar-refractivity contribution >= 4 is 29.6 Å². The van der Waals surface area contributed by atoms with E-state index in [-0.39, 0.29) is 22.9 Å². The molecule has 31 heavy (non-hydrogen) atoms. The van der Waals surface area contributed by atoms with Crippen LogP contribution in [0.5, 0.6) is 0 Å². The first kappa shape index (κ1) is 22.1. The average Bonchev–Trinajstić information content (AvgIpc) is 3.34. The normalized spacial score (nSPS) is 11.6. The maximum atomic E-state index is 12.9. The first-order chi connectivity index (χ1) is 14.7. The van der Waals surface area contributed by atoms with Crippen LogP contribution in [0.15, 0.2) is 52.2 Å². The second-order valence-corrected chi connectivity index (χ2v) is 6.57. The molecule has 0 saturated heterocycles. The lowest BCUT2D eigenvalue weighted by molar-refractivity contribution is -0.139. The number of alkyl halides is 3. The molecule has 0 radical (unpaired) electrons. The Morgan fingerprint density at radius 2 is 2.03 bits per heavy atom. The van der Waals surface area contributed by atoms with E-state index in [0.29, 0.717) is 11.5 Å². The maximum Gasteiger partial charge on any atom is 0.416 e. The largest absolute Gasteiger partial charge is 0.467 e. The first-order valence-electron chi connectivity index (χ1n) is 8.73. The molecule has 0 spiro atoms. The third kappa shape index (κ3) is 5.31. The van der Waals surface area contributed by atoms with Gasteiger partial charge in [0.2, 0.25) is 0 Å². The number of hydrogen-bond acceptors (Lipinski definition) is 5. The SMILES string of the molecule is Cc1nn(-c2cccc(C(F)(F)F)c2)c(Cl)c1/C=N/NC(=O)C(=O)NCc1ccco1. The molecule has 0 aliphatic carbocycles. The van der Waals surface area contributed by atoms with Gasteiger partial charge >= 0.3 is 18.0 Å². The molecule has 3 aromatic rings. The van der Waals surface area contributed by atoms with Crippen molar-refractivity contribution in [1.82, 2.24) is 20.5 Å². The highest BCUT2D eigenvalue weighted by Gasteiger charge is 2.30. The summed E-state index contributed by atoms with van der Waals surface area (Å²) in [4.78, 5) is 23.5. The summed E-state index contributed by atoms with van der Waals surface area (Å²) in [6.45, 7) is 1.59. The molecule has 0 unspecified atom stereocenters. The lowest BCUT2D eigenvalue weighted by Crippen LogP contribution is -2.37. The molecule has 0 atom stereocenters. The summed E-state index contributed by atoms with van der Waals surface area (Å²) in [6.07, 6.45) is -1.94. The van der Waals surface area contributed by atoms with Gasteiger partial charge in [-0.15, -0.1) is 0 Å². The molecule has 8 nitrogen and oxygen atoms in total. The average molecular weight is 454 g/mol. The predicted molar refractivity (Wildman–Crippen MR) is 105 cm³/mol. The fourth-order valence-corrected chi connectivity index (χ4v) is 2.83. The topological polar surface area (TPSA) is 102 Å². The van der Waals surface area contributed by atoms with E-state index in [2.05, 4.69) is 15.5 Å². The molecule has 0 aliphatic rings. The number of halogens is 4. The summed E-state index contributed by atoms with van der Waals surface area (Å²) >= 11 is 6.24. The van der Waals surface area contributed by atoms with E-state index in [0.717, 1.165) is 23.0 Å². The Hall–Kier alpha value is -3.60. The fraction of sp³-hybridized carbons (Fsp3) is 0.158. The second kappa shape index (κ2) is 9.04. The number of nitrogens with one attached hydrogen (secondary N) is 2. The van der Waals surface area contributed by atoms with E-state index in [9.17, 15) is 22.8 Å². The predicted octanol–water partition coefficient (Wildman–Crippen LogP) is 3.21. The van der Waals surface area contributed by atoms with Gasteiger partial charge in [0.05, 0.1) is 41.5 Å². The first-order valence-corrected chi connectivity index (χ1v) is 9.11. The summed E-state index contributed by atoms with van der Waals surface area (Å²) < 4.78 is 45.0. The zero-order valence-electron chi connectivity index (χ0n) is 15.9. The van der Waals surface area contributed by atoms with Crippen LogP contribution in [-0.2, 0) is 22.3 Å². The highest BCUT2D eigenvalue weighted by atomic mass is 35.5. The lowest BCUT2D eigenvalue weighted by atomic mass is 10.2. The van der Waals surface area contributed by atoms with Crippen LogP contribution in [-0.4, -0.2) is 27.8 Å². The highest BCUT2D eigenvalue weighted by Crippen LogP contribution is 2.31. The number of nitrogens with zero attached hydrogens (tertiary/aromatic N) is 3. The molecule has 2 heterocycles. The van der Waals surface area contributed by atoms with Crippen molar-refractivity contribution in [2.24, 2.45) is 5.10 Å². The minimum Gasteiger partial charge on any atom is -0.467 e. The quantitative estimate of drug-likeness (QED) is 0.352. The van der Waals surface area contributed by atoms with Gasteiger partial charge in [0.1, 0.15) is 10.9 Å².